The molecule has 1 N–H and O–H groups in total. The monoisotopic (exact) mass is 559 g/mol. The van der Waals surface area contributed by atoms with Gasteiger partial charge in [-0.1, -0.05) is 50.6 Å². The molecule has 39 heavy (non-hydrogen) atoms. The molecule has 3 aromatic heterocycles. The Morgan fingerprint density at radius 3 is 2.62 bits per heavy atom. The first-order valence-electron chi connectivity index (χ1n) is 13.0. The maximum Gasteiger partial charge on any atom is 0.240 e. The molecular formula is C30H33N5O2S2. The van der Waals surface area contributed by atoms with Crippen LogP contribution in [-0.4, -0.2) is 38.9 Å². The van der Waals surface area contributed by atoms with E-state index < -0.39 is 0 Å². The number of carbonyl (C=O) groups is 2. The molecule has 1 unspecified atom stereocenters. The molecule has 4 heterocycles. The lowest BCUT2D eigenvalue weighted by Crippen LogP contribution is -2.42. The van der Waals surface area contributed by atoms with E-state index >= 15 is 0 Å². The highest BCUT2D eigenvalue weighted by Crippen LogP contribution is 2.49. The Hall–Kier alpha value is -3.43. The minimum atomic E-state index is -0.287. The number of hydrogen-bond acceptors (Lipinski definition) is 6. The zero-order valence-electron chi connectivity index (χ0n) is 22.9. The van der Waals surface area contributed by atoms with Crippen molar-refractivity contribution in [1.82, 2.24) is 20.1 Å². The summed E-state index contributed by atoms with van der Waals surface area (Å²) >= 11 is 3.28. The van der Waals surface area contributed by atoms with Gasteiger partial charge in [0.25, 0.3) is 0 Å². The van der Waals surface area contributed by atoms with Crippen LogP contribution in [0.25, 0.3) is 5.69 Å². The topological polar surface area (TPSA) is 80.1 Å². The number of rotatable bonds is 6. The number of nitrogens with zero attached hydrogens (tertiary/aromatic N) is 4. The Morgan fingerprint density at radius 1 is 1.13 bits per heavy atom. The van der Waals surface area contributed by atoms with Crippen LogP contribution in [0.5, 0.6) is 0 Å². The van der Waals surface area contributed by atoms with Crippen molar-refractivity contribution >= 4 is 40.7 Å². The standard InChI is InChI=1S/C30H33N5O2S2/c1-19-11-12-22(20(2)15-19)35-29-26(28(33-35)30(3,4)5)27(23-10-8-14-38-23)39-18-25(37)34(29)17-24(36)32-16-21-9-6-7-13-31-21/h6-15,27H,16-18H2,1-5H3,(H,32,36). The number of aromatic nitrogens is 3. The van der Waals surface area contributed by atoms with E-state index in [4.69, 9.17) is 5.10 Å². The first-order chi connectivity index (χ1) is 18.6. The molecule has 0 radical (unpaired) electrons. The number of thiophene rings is 1. The second-order valence-corrected chi connectivity index (χ2v) is 12.9. The van der Waals surface area contributed by atoms with Crippen molar-refractivity contribution in [2.45, 2.75) is 51.8 Å². The highest BCUT2D eigenvalue weighted by atomic mass is 32.2. The lowest BCUT2D eigenvalue weighted by molar-refractivity contribution is -0.123. The van der Waals surface area contributed by atoms with Gasteiger partial charge in [-0.25, -0.2) is 4.68 Å². The number of nitrogens with one attached hydrogen (secondary N) is 1. The fourth-order valence-corrected chi connectivity index (χ4v) is 7.02. The van der Waals surface area contributed by atoms with Gasteiger partial charge in [-0.3, -0.25) is 19.5 Å². The van der Waals surface area contributed by atoms with Gasteiger partial charge in [-0.05, 0) is 49.1 Å². The Balaban J connectivity index is 1.65. The molecule has 0 bridgehead atoms. The zero-order chi connectivity index (χ0) is 27.7. The highest BCUT2D eigenvalue weighted by molar-refractivity contribution is 8.00. The van der Waals surface area contributed by atoms with E-state index in [-0.39, 0.29) is 34.8 Å². The van der Waals surface area contributed by atoms with Gasteiger partial charge in [0.15, 0.2) is 0 Å². The highest BCUT2D eigenvalue weighted by Gasteiger charge is 2.40. The smallest absolute Gasteiger partial charge is 0.240 e. The molecule has 0 saturated heterocycles. The number of anilines is 1. The molecule has 9 heteroatoms. The fraction of sp³-hybridized carbons (Fsp3) is 0.333. The molecular weight excluding hydrogens is 526 g/mol. The minimum Gasteiger partial charge on any atom is -0.349 e. The number of pyridine rings is 1. The Labute approximate surface area is 237 Å². The summed E-state index contributed by atoms with van der Waals surface area (Å²) in [6.45, 7) is 10.8. The summed E-state index contributed by atoms with van der Waals surface area (Å²) in [6.07, 6.45) is 1.70. The van der Waals surface area contributed by atoms with Crippen molar-refractivity contribution < 1.29 is 9.59 Å². The molecule has 0 aliphatic carbocycles. The summed E-state index contributed by atoms with van der Waals surface area (Å²) in [6, 6.07) is 16.0. The van der Waals surface area contributed by atoms with Gasteiger partial charge >= 0.3 is 0 Å². The van der Waals surface area contributed by atoms with Crippen molar-refractivity contribution in [2.75, 3.05) is 17.2 Å². The average Bonchev–Trinajstić information content (AvgIpc) is 3.53. The van der Waals surface area contributed by atoms with E-state index in [9.17, 15) is 9.59 Å². The van der Waals surface area contributed by atoms with E-state index in [0.29, 0.717) is 12.4 Å². The Morgan fingerprint density at radius 2 is 1.95 bits per heavy atom. The molecule has 202 valence electrons. The van der Waals surface area contributed by atoms with Crippen LogP contribution in [0, 0.1) is 13.8 Å². The number of carbonyl (C=O) groups excluding carboxylic acids is 2. The summed E-state index contributed by atoms with van der Waals surface area (Å²) in [7, 11) is 0. The van der Waals surface area contributed by atoms with Gasteiger partial charge in [0.05, 0.1) is 34.6 Å². The van der Waals surface area contributed by atoms with Crippen LogP contribution in [0.1, 0.15) is 59.0 Å². The second kappa shape index (κ2) is 11.0. The van der Waals surface area contributed by atoms with Gasteiger partial charge in [-0.15, -0.1) is 23.1 Å². The van der Waals surface area contributed by atoms with Crippen LogP contribution < -0.4 is 10.2 Å². The Kier molecular flexibility index (Phi) is 7.64. The number of benzene rings is 1. The van der Waals surface area contributed by atoms with Gasteiger partial charge in [0, 0.05) is 22.1 Å². The lowest BCUT2D eigenvalue weighted by atomic mass is 9.88. The fourth-order valence-electron chi connectivity index (χ4n) is 4.84. The van der Waals surface area contributed by atoms with Crippen LogP contribution in [0.4, 0.5) is 5.82 Å². The second-order valence-electron chi connectivity index (χ2n) is 10.8. The van der Waals surface area contributed by atoms with Crippen LogP contribution in [-0.2, 0) is 21.5 Å². The van der Waals surface area contributed by atoms with Gasteiger partial charge < -0.3 is 5.32 Å². The number of aryl methyl sites for hydroxylation is 2. The van der Waals surface area contributed by atoms with E-state index in [1.165, 1.54) is 4.88 Å². The molecule has 1 atom stereocenters. The van der Waals surface area contributed by atoms with Crippen molar-refractivity contribution in [3.8, 4) is 5.69 Å². The van der Waals surface area contributed by atoms with Gasteiger partial charge in [-0.2, -0.15) is 5.10 Å². The average molecular weight is 560 g/mol. The minimum absolute atomic E-state index is 0.0701. The maximum atomic E-state index is 13.8. The van der Waals surface area contributed by atoms with E-state index in [0.717, 1.165) is 33.8 Å². The Bertz CT molecular complexity index is 1490. The maximum absolute atomic E-state index is 13.8. The third-order valence-corrected chi connectivity index (χ3v) is 9.00. The zero-order valence-corrected chi connectivity index (χ0v) is 24.5. The van der Waals surface area contributed by atoms with Gasteiger partial charge in [0.2, 0.25) is 11.8 Å². The molecule has 0 spiro atoms. The number of amides is 2. The predicted molar refractivity (Wildman–Crippen MR) is 159 cm³/mol. The third kappa shape index (κ3) is 5.65. The van der Waals surface area contributed by atoms with Crippen molar-refractivity contribution in [2.24, 2.45) is 0 Å². The summed E-state index contributed by atoms with van der Waals surface area (Å²) < 4.78 is 1.89. The summed E-state index contributed by atoms with van der Waals surface area (Å²) in [4.78, 5) is 34.1. The van der Waals surface area contributed by atoms with E-state index in [2.05, 4.69) is 68.5 Å². The molecule has 7 nitrogen and oxygen atoms in total. The molecule has 5 rings (SSSR count). The number of hydrogen-bond donors (Lipinski definition) is 1. The van der Waals surface area contributed by atoms with Crippen LogP contribution >= 0.6 is 23.1 Å². The first kappa shape index (κ1) is 27.1. The largest absolute Gasteiger partial charge is 0.349 e. The van der Waals surface area contributed by atoms with Gasteiger partial charge in [0.1, 0.15) is 12.4 Å². The lowest BCUT2D eigenvalue weighted by Gasteiger charge is -2.24. The predicted octanol–water partition coefficient (Wildman–Crippen LogP) is 5.73. The van der Waals surface area contributed by atoms with Crippen molar-refractivity contribution in [1.29, 1.82) is 0 Å². The molecule has 0 saturated carbocycles. The van der Waals surface area contributed by atoms with Crippen LogP contribution in [0.2, 0.25) is 0 Å². The first-order valence-corrected chi connectivity index (χ1v) is 14.9. The molecule has 4 aromatic rings. The van der Waals surface area contributed by atoms with Crippen molar-refractivity contribution in [3.05, 3.63) is 93.1 Å². The molecule has 0 fully saturated rings. The number of thioether (sulfide) groups is 1. The number of fused-ring (bicyclic) bond motifs is 1. The molecule has 1 aromatic carbocycles. The summed E-state index contributed by atoms with van der Waals surface area (Å²) in [5.41, 5.74) is 5.50. The van der Waals surface area contributed by atoms with Crippen LogP contribution in [0.3, 0.4) is 0 Å². The van der Waals surface area contributed by atoms with E-state index in [1.54, 1.807) is 34.2 Å². The SMILES string of the molecule is Cc1ccc(-n2nc(C(C)(C)C)c3c2N(CC(=O)NCc2ccccn2)C(=O)CSC3c2cccs2)c(C)c1. The molecule has 1 aliphatic heterocycles. The normalized spacial score (nSPS) is 15.7. The summed E-state index contributed by atoms with van der Waals surface area (Å²) in [5.74, 6) is 0.583. The third-order valence-electron chi connectivity index (χ3n) is 6.68. The molecule has 2 amide bonds. The van der Waals surface area contributed by atoms with Crippen LogP contribution in [0.15, 0.2) is 60.1 Å². The van der Waals surface area contributed by atoms with Crippen molar-refractivity contribution in [3.63, 3.8) is 0 Å². The molecule has 1 aliphatic rings. The quantitative estimate of drug-likeness (QED) is 0.326. The summed E-state index contributed by atoms with van der Waals surface area (Å²) in [5, 5.41) is 10.1. The van der Waals surface area contributed by atoms with E-state index in [1.807, 2.05) is 35.0 Å².